The van der Waals surface area contributed by atoms with Gasteiger partial charge in [0.2, 0.25) is 5.91 Å². The molecule has 1 aliphatic heterocycles. The summed E-state index contributed by atoms with van der Waals surface area (Å²) >= 11 is 0. The second-order valence-corrected chi connectivity index (χ2v) is 16.3. The van der Waals surface area contributed by atoms with Crippen molar-refractivity contribution in [1.82, 2.24) is 20.2 Å². The molecule has 2 fully saturated rings. The number of benzene rings is 2. The van der Waals surface area contributed by atoms with E-state index in [2.05, 4.69) is 43.9 Å². The number of aromatic nitrogens is 2. The summed E-state index contributed by atoms with van der Waals surface area (Å²) < 4.78 is 0. The molecular weight excluding hydrogens is 651 g/mol. The van der Waals surface area contributed by atoms with E-state index in [1.165, 1.54) is 50.5 Å². The second kappa shape index (κ2) is 16.5. The first-order valence-corrected chi connectivity index (χ1v) is 19.2. The lowest BCUT2D eigenvalue weighted by Crippen LogP contribution is -2.59. The Kier molecular flexibility index (Phi) is 11.9. The molecule has 276 valence electrons. The van der Waals surface area contributed by atoms with E-state index in [1.807, 2.05) is 48.8 Å². The van der Waals surface area contributed by atoms with Crippen molar-refractivity contribution in [3.63, 3.8) is 0 Å². The van der Waals surface area contributed by atoms with Gasteiger partial charge in [-0.15, -0.1) is 0 Å². The Bertz CT molecular complexity index is 1710. The van der Waals surface area contributed by atoms with Crippen molar-refractivity contribution in [2.24, 2.45) is 29.6 Å². The number of allylic oxidation sites excluding steroid dienone is 2. The summed E-state index contributed by atoms with van der Waals surface area (Å²) in [6.45, 7) is 9.06. The molecule has 52 heavy (non-hydrogen) atoms. The summed E-state index contributed by atoms with van der Waals surface area (Å²) in [6.07, 6.45) is 18.4. The Hall–Kier alpha value is -4.37. The van der Waals surface area contributed by atoms with E-state index < -0.39 is 17.9 Å². The van der Waals surface area contributed by atoms with Gasteiger partial charge in [0, 0.05) is 48.6 Å². The average molecular weight is 706 g/mol. The summed E-state index contributed by atoms with van der Waals surface area (Å²) in [4.78, 5) is 54.2. The number of likely N-dealkylation sites (tertiary alicyclic amines) is 1. The number of nitrogens with zero attached hydrogens (tertiary/aromatic N) is 3. The third-order valence-electron chi connectivity index (χ3n) is 11.6. The number of hydrogen-bond donors (Lipinski definition) is 2. The molecule has 9 nitrogen and oxygen atoms in total. The van der Waals surface area contributed by atoms with Crippen LogP contribution in [0.1, 0.15) is 113 Å². The smallest absolute Gasteiger partial charge is 0.331 e. The zero-order chi connectivity index (χ0) is 36.8. The lowest BCUT2D eigenvalue weighted by atomic mass is 9.70. The zero-order valence-electron chi connectivity index (χ0n) is 31.3. The Labute approximate surface area is 308 Å². The van der Waals surface area contributed by atoms with Crippen LogP contribution >= 0.6 is 0 Å². The first-order chi connectivity index (χ1) is 25.0. The minimum Gasteiger partial charge on any atom is -0.373 e. The van der Waals surface area contributed by atoms with Gasteiger partial charge in [0.1, 0.15) is 6.04 Å². The van der Waals surface area contributed by atoms with E-state index >= 15 is 0 Å². The Morgan fingerprint density at radius 2 is 1.58 bits per heavy atom. The summed E-state index contributed by atoms with van der Waals surface area (Å²) in [5.41, 5.74) is 5.75. The van der Waals surface area contributed by atoms with Gasteiger partial charge in [-0.2, -0.15) is 5.90 Å². The lowest BCUT2D eigenvalue weighted by Gasteiger charge is -2.39. The highest BCUT2D eigenvalue weighted by atomic mass is 16.7. The molecule has 9 heteroatoms. The maximum atomic E-state index is 13.6. The monoisotopic (exact) mass is 705 g/mol. The molecule has 2 heterocycles. The zero-order valence-corrected chi connectivity index (χ0v) is 31.3. The van der Waals surface area contributed by atoms with Crippen molar-refractivity contribution in [2.45, 2.75) is 103 Å². The van der Waals surface area contributed by atoms with E-state index in [9.17, 15) is 14.4 Å². The number of nitrogens with two attached hydrogens (primary N) is 1. The third-order valence-corrected chi connectivity index (χ3v) is 11.6. The van der Waals surface area contributed by atoms with Gasteiger partial charge in [-0.3, -0.25) is 9.59 Å². The molecule has 3 N–H and O–H groups in total. The van der Waals surface area contributed by atoms with Crippen molar-refractivity contribution in [2.75, 3.05) is 13.1 Å². The van der Waals surface area contributed by atoms with Crippen molar-refractivity contribution < 1.29 is 19.2 Å². The van der Waals surface area contributed by atoms with Crippen molar-refractivity contribution >= 4 is 23.4 Å². The Morgan fingerprint density at radius 3 is 2.15 bits per heavy atom. The molecule has 1 aromatic heterocycles. The first-order valence-electron chi connectivity index (χ1n) is 19.2. The van der Waals surface area contributed by atoms with Gasteiger partial charge in [-0.05, 0) is 84.1 Å². The van der Waals surface area contributed by atoms with Gasteiger partial charge >= 0.3 is 5.97 Å². The van der Waals surface area contributed by atoms with Crippen LogP contribution in [0.3, 0.4) is 0 Å². The SMILES string of the molecule is CCC[C@H]1CC[C@H](C2CC=C(c3cnc(-c4ccc(C[C@H](NC(=O)c5ccc(C(C)(C)C)cc5)C(=O)N5CC(C(=O)ON)C5)cc4)nc3)CC2)CC1. The molecule has 1 unspecified atom stereocenters. The van der Waals surface area contributed by atoms with Crippen LogP contribution in [0.15, 0.2) is 67.0 Å². The van der Waals surface area contributed by atoms with Crippen molar-refractivity contribution in [3.05, 3.63) is 89.3 Å². The van der Waals surface area contributed by atoms with Gasteiger partial charge in [0.15, 0.2) is 5.82 Å². The van der Waals surface area contributed by atoms with Gasteiger partial charge < -0.3 is 15.1 Å². The quantitative estimate of drug-likeness (QED) is 0.199. The molecule has 2 amide bonds. The molecule has 1 saturated carbocycles. The third kappa shape index (κ3) is 8.98. The highest BCUT2D eigenvalue weighted by molar-refractivity contribution is 5.98. The van der Waals surface area contributed by atoms with Crippen LogP contribution in [0.25, 0.3) is 17.0 Å². The number of amides is 2. The number of carbonyl (C=O) groups excluding carboxylic acids is 3. The van der Waals surface area contributed by atoms with Crippen molar-refractivity contribution in [1.29, 1.82) is 0 Å². The number of nitrogens with one attached hydrogen (secondary N) is 1. The summed E-state index contributed by atoms with van der Waals surface area (Å²) in [6, 6.07) is 14.4. The average Bonchev–Trinajstić information content (AvgIpc) is 3.14. The van der Waals surface area contributed by atoms with Gasteiger partial charge in [0.25, 0.3) is 5.91 Å². The molecule has 2 atom stereocenters. The van der Waals surface area contributed by atoms with E-state index in [0.29, 0.717) is 11.4 Å². The molecule has 0 bridgehead atoms. The predicted molar refractivity (Wildman–Crippen MR) is 204 cm³/mol. The van der Waals surface area contributed by atoms with Crippen LogP contribution in [-0.2, 0) is 26.3 Å². The molecule has 0 spiro atoms. The van der Waals surface area contributed by atoms with Gasteiger partial charge in [-0.25, -0.2) is 14.8 Å². The Morgan fingerprint density at radius 1 is 0.904 bits per heavy atom. The number of rotatable bonds is 11. The van der Waals surface area contributed by atoms with Crippen LogP contribution in [-0.4, -0.2) is 51.8 Å². The largest absolute Gasteiger partial charge is 0.373 e. The molecule has 1 saturated heterocycles. The fraction of sp³-hybridized carbons (Fsp3) is 0.512. The lowest BCUT2D eigenvalue weighted by molar-refractivity contribution is -0.159. The Balaban J connectivity index is 1.08. The highest BCUT2D eigenvalue weighted by Crippen LogP contribution is 2.42. The summed E-state index contributed by atoms with van der Waals surface area (Å²) in [5, 5.41) is 2.96. The van der Waals surface area contributed by atoms with E-state index in [0.717, 1.165) is 52.8 Å². The van der Waals surface area contributed by atoms with Crippen LogP contribution < -0.4 is 11.2 Å². The summed E-state index contributed by atoms with van der Waals surface area (Å²) in [7, 11) is 0. The van der Waals surface area contributed by atoms with E-state index in [4.69, 9.17) is 15.9 Å². The number of hydrogen-bond acceptors (Lipinski definition) is 7. The van der Waals surface area contributed by atoms with Gasteiger partial charge in [0.05, 0.1) is 5.92 Å². The maximum absolute atomic E-state index is 13.6. The van der Waals surface area contributed by atoms with Crippen molar-refractivity contribution in [3.8, 4) is 11.4 Å². The first kappa shape index (κ1) is 37.4. The van der Waals surface area contributed by atoms with E-state index in [-0.39, 0.29) is 36.7 Å². The topological polar surface area (TPSA) is 128 Å². The predicted octanol–water partition coefficient (Wildman–Crippen LogP) is 7.45. The van der Waals surface area contributed by atoms with Crippen LogP contribution in [0.2, 0.25) is 0 Å². The molecular formula is C43H55N5O4. The minimum atomic E-state index is -0.828. The summed E-state index contributed by atoms with van der Waals surface area (Å²) in [5.74, 6) is 6.73. The van der Waals surface area contributed by atoms with Crippen LogP contribution in [0.4, 0.5) is 0 Å². The fourth-order valence-electron chi connectivity index (χ4n) is 8.26. The second-order valence-electron chi connectivity index (χ2n) is 16.3. The van der Waals surface area contributed by atoms with Crippen LogP contribution in [0.5, 0.6) is 0 Å². The molecule has 2 aromatic carbocycles. The molecule has 6 rings (SSSR count). The molecule has 0 radical (unpaired) electrons. The van der Waals surface area contributed by atoms with Crippen LogP contribution in [0, 0.1) is 23.7 Å². The standard InChI is InChI=1S/C43H55N5O4/c1-5-6-28-7-11-30(12-8-28)31-15-17-32(18-16-31)35-24-45-39(46-25-35)33-13-9-29(10-14-33)23-38(41(50)48-26-36(27-48)42(51)52-44)47-40(49)34-19-21-37(22-20-34)43(2,3)4/h9-10,13-14,17,19-22,24-25,28,30-31,36,38H,5-8,11-12,15-16,18,23,26-27,44H2,1-4H3,(H,47,49)/t28-,30-,31?,38-/m0/s1. The normalized spacial score (nSPS) is 21.4. The highest BCUT2D eigenvalue weighted by Gasteiger charge is 2.40. The maximum Gasteiger partial charge on any atom is 0.331 e. The minimum absolute atomic E-state index is 0.0466. The fourth-order valence-corrected chi connectivity index (χ4v) is 8.26. The molecule has 3 aromatic rings. The van der Waals surface area contributed by atoms with E-state index in [1.54, 1.807) is 17.0 Å². The van der Waals surface area contributed by atoms with Gasteiger partial charge in [-0.1, -0.05) is 95.9 Å². The number of carbonyl (C=O) groups is 3. The molecule has 2 aliphatic carbocycles. The molecule has 3 aliphatic rings.